The normalized spacial score (nSPS) is 10.3. The van der Waals surface area contributed by atoms with Crippen molar-refractivity contribution in [2.75, 3.05) is 12.4 Å². The first-order chi connectivity index (χ1) is 10.0. The summed E-state index contributed by atoms with van der Waals surface area (Å²) in [5.74, 6) is -0.710. The van der Waals surface area contributed by atoms with Crippen LogP contribution < -0.4 is 5.32 Å². The van der Waals surface area contributed by atoms with Crippen LogP contribution in [-0.4, -0.2) is 13.1 Å². The van der Waals surface area contributed by atoms with E-state index < -0.39 is 5.97 Å². The zero-order valence-electron chi connectivity index (χ0n) is 11.7. The number of hydrogen-bond acceptors (Lipinski definition) is 3. The average molecular weight is 308 g/mol. The minimum Gasteiger partial charge on any atom is -0.465 e. The van der Waals surface area contributed by atoms with E-state index in [0.717, 1.165) is 5.56 Å². The number of aryl methyl sites for hydroxylation is 1. The molecule has 0 unspecified atom stereocenters. The van der Waals surface area contributed by atoms with Crippen molar-refractivity contribution in [2.24, 2.45) is 0 Å². The van der Waals surface area contributed by atoms with Crippen molar-refractivity contribution in [2.45, 2.75) is 13.5 Å². The molecule has 0 aliphatic carbocycles. The van der Waals surface area contributed by atoms with Crippen LogP contribution in [0.5, 0.6) is 0 Å². The van der Waals surface area contributed by atoms with Crippen LogP contribution in [0.2, 0.25) is 5.02 Å². The molecule has 0 saturated heterocycles. The fourth-order valence-corrected chi connectivity index (χ4v) is 2.07. The monoisotopic (exact) mass is 307 g/mol. The Morgan fingerprint density at radius 1 is 1.29 bits per heavy atom. The van der Waals surface area contributed by atoms with Crippen LogP contribution in [0.15, 0.2) is 36.4 Å². The number of nitrogens with one attached hydrogen (secondary N) is 1. The Morgan fingerprint density at radius 2 is 2.05 bits per heavy atom. The molecule has 0 bridgehead atoms. The number of rotatable bonds is 4. The van der Waals surface area contributed by atoms with Gasteiger partial charge in [0, 0.05) is 11.6 Å². The number of anilines is 1. The lowest BCUT2D eigenvalue weighted by molar-refractivity contribution is 0.0602. The standard InChI is InChI=1S/C16H15ClFNO2/c1-10-3-4-11(7-14(10)18)9-19-15-8-12(17)5-6-13(15)16(20)21-2/h3-8,19H,9H2,1-2H3. The number of methoxy groups -OCH3 is 1. The molecular weight excluding hydrogens is 293 g/mol. The molecule has 3 nitrogen and oxygen atoms in total. The molecule has 0 heterocycles. The third-order valence-corrected chi connectivity index (χ3v) is 3.34. The maximum absolute atomic E-state index is 13.5. The van der Waals surface area contributed by atoms with Gasteiger partial charge in [-0.1, -0.05) is 23.7 Å². The van der Waals surface area contributed by atoms with Gasteiger partial charge in [0.25, 0.3) is 0 Å². The molecule has 0 spiro atoms. The molecule has 110 valence electrons. The average Bonchev–Trinajstić information content (AvgIpc) is 2.48. The minimum atomic E-state index is -0.454. The highest BCUT2D eigenvalue weighted by Gasteiger charge is 2.12. The summed E-state index contributed by atoms with van der Waals surface area (Å²) in [5.41, 5.74) is 2.30. The molecule has 2 rings (SSSR count). The van der Waals surface area contributed by atoms with Gasteiger partial charge in [-0.05, 0) is 42.3 Å². The van der Waals surface area contributed by atoms with Crippen LogP contribution in [-0.2, 0) is 11.3 Å². The van der Waals surface area contributed by atoms with E-state index in [2.05, 4.69) is 5.32 Å². The lowest BCUT2D eigenvalue weighted by Gasteiger charge is -2.12. The van der Waals surface area contributed by atoms with Crippen molar-refractivity contribution in [3.63, 3.8) is 0 Å². The summed E-state index contributed by atoms with van der Waals surface area (Å²) in [6.45, 7) is 2.08. The second-order valence-electron chi connectivity index (χ2n) is 4.62. The van der Waals surface area contributed by atoms with Gasteiger partial charge in [-0.25, -0.2) is 9.18 Å². The summed E-state index contributed by atoms with van der Waals surface area (Å²) < 4.78 is 18.2. The number of hydrogen-bond donors (Lipinski definition) is 1. The number of benzene rings is 2. The quantitative estimate of drug-likeness (QED) is 0.861. The Morgan fingerprint density at radius 3 is 2.71 bits per heavy atom. The summed E-state index contributed by atoms with van der Waals surface area (Å²) in [7, 11) is 1.32. The van der Waals surface area contributed by atoms with Gasteiger partial charge in [0.2, 0.25) is 0 Å². The fraction of sp³-hybridized carbons (Fsp3) is 0.188. The first kappa shape index (κ1) is 15.3. The van der Waals surface area contributed by atoms with Crippen LogP contribution in [0, 0.1) is 12.7 Å². The van der Waals surface area contributed by atoms with Crippen molar-refractivity contribution in [1.29, 1.82) is 0 Å². The molecule has 0 saturated carbocycles. The molecule has 0 radical (unpaired) electrons. The van der Waals surface area contributed by atoms with Crippen LogP contribution >= 0.6 is 11.6 Å². The summed E-state index contributed by atoms with van der Waals surface area (Å²) in [6, 6.07) is 9.85. The van der Waals surface area contributed by atoms with Gasteiger partial charge in [0.05, 0.1) is 18.4 Å². The van der Waals surface area contributed by atoms with Crippen molar-refractivity contribution in [1.82, 2.24) is 0 Å². The first-order valence-corrected chi connectivity index (χ1v) is 6.76. The largest absolute Gasteiger partial charge is 0.465 e. The van der Waals surface area contributed by atoms with E-state index in [0.29, 0.717) is 28.4 Å². The SMILES string of the molecule is COC(=O)c1ccc(Cl)cc1NCc1ccc(C)c(F)c1. The van der Waals surface area contributed by atoms with Gasteiger partial charge < -0.3 is 10.1 Å². The highest BCUT2D eigenvalue weighted by Crippen LogP contribution is 2.22. The third-order valence-electron chi connectivity index (χ3n) is 3.11. The molecule has 1 N–H and O–H groups in total. The van der Waals surface area contributed by atoms with Gasteiger partial charge in [-0.15, -0.1) is 0 Å². The van der Waals surface area contributed by atoms with E-state index in [-0.39, 0.29) is 5.82 Å². The molecule has 0 aromatic heterocycles. The molecule has 0 aliphatic heterocycles. The van der Waals surface area contributed by atoms with E-state index in [9.17, 15) is 9.18 Å². The van der Waals surface area contributed by atoms with Crippen LogP contribution in [0.4, 0.5) is 10.1 Å². The molecule has 0 amide bonds. The van der Waals surface area contributed by atoms with E-state index >= 15 is 0 Å². The predicted molar refractivity (Wildman–Crippen MR) is 81.3 cm³/mol. The van der Waals surface area contributed by atoms with Crippen molar-refractivity contribution in [3.05, 3.63) is 63.9 Å². The molecule has 2 aromatic rings. The maximum Gasteiger partial charge on any atom is 0.339 e. The Labute approximate surface area is 127 Å². The zero-order valence-corrected chi connectivity index (χ0v) is 12.5. The molecule has 0 fully saturated rings. The lowest BCUT2D eigenvalue weighted by Crippen LogP contribution is -2.08. The van der Waals surface area contributed by atoms with Crippen LogP contribution in [0.25, 0.3) is 0 Å². The maximum atomic E-state index is 13.5. The number of ether oxygens (including phenoxy) is 1. The van der Waals surface area contributed by atoms with Crippen molar-refractivity contribution in [3.8, 4) is 0 Å². The second-order valence-corrected chi connectivity index (χ2v) is 5.06. The summed E-state index contributed by atoms with van der Waals surface area (Å²) in [5, 5.41) is 3.58. The summed E-state index contributed by atoms with van der Waals surface area (Å²) in [4.78, 5) is 11.7. The highest BCUT2D eigenvalue weighted by atomic mass is 35.5. The highest BCUT2D eigenvalue weighted by molar-refractivity contribution is 6.31. The summed E-state index contributed by atoms with van der Waals surface area (Å²) >= 11 is 5.94. The van der Waals surface area contributed by atoms with Gasteiger partial charge in [-0.2, -0.15) is 0 Å². The predicted octanol–water partition coefficient (Wildman–Crippen LogP) is 4.19. The number of carbonyl (C=O) groups is 1. The van der Waals surface area contributed by atoms with Gasteiger partial charge in [0.1, 0.15) is 5.82 Å². The van der Waals surface area contributed by atoms with E-state index in [1.807, 2.05) is 6.07 Å². The zero-order chi connectivity index (χ0) is 15.4. The molecular formula is C16H15ClFNO2. The third kappa shape index (κ3) is 3.73. The van der Waals surface area contributed by atoms with Crippen LogP contribution in [0.1, 0.15) is 21.5 Å². The molecule has 21 heavy (non-hydrogen) atoms. The van der Waals surface area contributed by atoms with E-state index in [1.165, 1.54) is 13.2 Å². The smallest absolute Gasteiger partial charge is 0.339 e. The van der Waals surface area contributed by atoms with Crippen molar-refractivity contribution < 1.29 is 13.9 Å². The topological polar surface area (TPSA) is 38.3 Å². The molecule has 2 aromatic carbocycles. The Hall–Kier alpha value is -2.07. The van der Waals surface area contributed by atoms with Crippen molar-refractivity contribution >= 4 is 23.3 Å². The fourth-order valence-electron chi connectivity index (χ4n) is 1.89. The Bertz CT molecular complexity index is 673. The number of halogens is 2. The second kappa shape index (κ2) is 6.59. The van der Waals surface area contributed by atoms with E-state index in [1.54, 1.807) is 31.2 Å². The first-order valence-electron chi connectivity index (χ1n) is 6.38. The molecule has 5 heteroatoms. The van der Waals surface area contributed by atoms with Gasteiger partial charge in [-0.3, -0.25) is 0 Å². The van der Waals surface area contributed by atoms with Crippen LogP contribution in [0.3, 0.4) is 0 Å². The molecule has 0 atom stereocenters. The minimum absolute atomic E-state index is 0.256. The Balaban J connectivity index is 2.20. The number of esters is 1. The van der Waals surface area contributed by atoms with E-state index in [4.69, 9.17) is 16.3 Å². The molecule has 0 aliphatic rings. The summed E-state index contributed by atoms with van der Waals surface area (Å²) in [6.07, 6.45) is 0. The lowest BCUT2D eigenvalue weighted by atomic mass is 10.1. The van der Waals surface area contributed by atoms with Gasteiger partial charge >= 0.3 is 5.97 Å². The van der Waals surface area contributed by atoms with Gasteiger partial charge in [0.15, 0.2) is 0 Å². The Kier molecular flexibility index (Phi) is 4.81. The number of carbonyl (C=O) groups excluding carboxylic acids is 1.